The Hall–Kier alpha value is -2.66. The minimum absolute atomic E-state index is 0.228. The minimum Gasteiger partial charge on any atom is -0.494 e. The molecule has 1 amide bonds. The van der Waals surface area contributed by atoms with E-state index in [-0.39, 0.29) is 18.7 Å². The molecule has 0 aromatic heterocycles. The van der Waals surface area contributed by atoms with Crippen LogP contribution in [0.3, 0.4) is 0 Å². The van der Waals surface area contributed by atoms with Gasteiger partial charge in [0.25, 0.3) is 5.91 Å². The Kier molecular flexibility index (Phi) is 5.07. The van der Waals surface area contributed by atoms with Gasteiger partial charge in [-0.15, -0.1) is 0 Å². The number of carbonyl (C=O) groups is 2. The van der Waals surface area contributed by atoms with Gasteiger partial charge < -0.3 is 14.7 Å². The Balaban J connectivity index is 2.12. The molecule has 1 atom stereocenters. The van der Waals surface area contributed by atoms with Crippen LogP contribution in [0.5, 0.6) is 5.75 Å². The molecule has 0 spiro atoms. The van der Waals surface area contributed by atoms with Gasteiger partial charge in [-0.05, 0) is 44.9 Å². The van der Waals surface area contributed by atoms with Gasteiger partial charge >= 0.3 is 0 Å². The average Bonchev–Trinajstić information content (AvgIpc) is 2.82. The van der Waals surface area contributed by atoms with Crippen molar-refractivity contribution in [2.45, 2.75) is 46.3 Å². The third-order valence-corrected chi connectivity index (χ3v) is 4.98. The van der Waals surface area contributed by atoms with Gasteiger partial charge in [-0.25, -0.2) is 0 Å². The highest BCUT2D eigenvalue weighted by Crippen LogP contribution is 2.47. The van der Waals surface area contributed by atoms with Gasteiger partial charge in [0.2, 0.25) is 0 Å². The zero-order chi connectivity index (χ0) is 19.8. The number of carbonyl (C=O) groups excluding carboxylic acids is 2. The highest BCUT2D eigenvalue weighted by atomic mass is 16.5. The number of ketones is 1. The van der Waals surface area contributed by atoms with Crippen LogP contribution in [-0.2, 0) is 21.7 Å². The van der Waals surface area contributed by atoms with Gasteiger partial charge in [0.1, 0.15) is 11.5 Å². The Morgan fingerprint density at radius 1 is 1.15 bits per heavy atom. The number of benzene rings is 2. The number of hydrogen-bond acceptors (Lipinski definition) is 4. The standard InChI is InChI=1S/C22H25NO4/c1-5-27-18-9-7-6-8-17(18)13-23-20-15(3)11-10-14(2)19(20)22(26,21(23)25)12-16(4)24/h6-11,26H,5,12-13H2,1-4H3. The van der Waals surface area contributed by atoms with Crippen molar-refractivity contribution in [3.05, 3.63) is 58.7 Å². The van der Waals surface area contributed by atoms with Crippen molar-refractivity contribution in [3.8, 4) is 5.75 Å². The van der Waals surface area contributed by atoms with Crippen LogP contribution in [0.25, 0.3) is 0 Å². The Morgan fingerprint density at radius 3 is 2.48 bits per heavy atom. The molecular formula is C22H25NO4. The molecule has 2 aromatic carbocycles. The summed E-state index contributed by atoms with van der Waals surface area (Å²) in [6.45, 7) is 7.86. The first kappa shape index (κ1) is 19.1. The van der Waals surface area contributed by atoms with Crippen LogP contribution >= 0.6 is 0 Å². The average molecular weight is 367 g/mol. The van der Waals surface area contributed by atoms with Crippen molar-refractivity contribution in [1.29, 1.82) is 0 Å². The van der Waals surface area contributed by atoms with Crippen LogP contribution in [0.1, 0.15) is 42.5 Å². The fourth-order valence-corrected chi connectivity index (χ4v) is 3.87. The summed E-state index contributed by atoms with van der Waals surface area (Å²) in [6, 6.07) is 11.4. The van der Waals surface area contributed by atoms with E-state index in [4.69, 9.17) is 4.74 Å². The number of fused-ring (bicyclic) bond motifs is 1. The molecule has 0 bridgehead atoms. The van der Waals surface area contributed by atoms with Crippen LogP contribution in [0.2, 0.25) is 0 Å². The molecule has 142 valence electrons. The van der Waals surface area contributed by atoms with Gasteiger partial charge in [-0.1, -0.05) is 30.3 Å². The Labute approximate surface area is 159 Å². The smallest absolute Gasteiger partial charge is 0.264 e. The van der Waals surface area contributed by atoms with E-state index in [1.54, 1.807) is 4.90 Å². The van der Waals surface area contributed by atoms with E-state index < -0.39 is 11.5 Å². The molecule has 5 heteroatoms. The summed E-state index contributed by atoms with van der Waals surface area (Å²) >= 11 is 0. The van der Waals surface area contributed by atoms with E-state index in [1.807, 2.05) is 57.2 Å². The molecule has 2 aromatic rings. The van der Waals surface area contributed by atoms with Crippen LogP contribution in [0, 0.1) is 13.8 Å². The van der Waals surface area contributed by atoms with Gasteiger partial charge in [0, 0.05) is 17.5 Å². The van der Waals surface area contributed by atoms with Gasteiger partial charge in [0.05, 0.1) is 18.8 Å². The van der Waals surface area contributed by atoms with Crippen molar-refractivity contribution < 1.29 is 19.4 Å². The lowest BCUT2D eigenvalue weighted by molar-refractivity contribution is -0.141. The molecule has 0 radical (unpaired) electrons. The number of anilines is 1. The number of hydrogen-bond donors (Lipinski definition) is 1. The molecule has 1 heterocycles. The van der Waals surface area contributed by atoms with Crippen LogP contribution in [0.4, 0.5) is 5.69 Å². The maximum absolute atomic E-state index is 13.3. The topological polar surface area (TPSA) is 66.8 Å². The zero-order valence-electron chi connectivity index (χ0n) is 16.2. The molecule has 0 fully saturated rings. The molecule has 5 nitrogen and oxygen atoms in total. The second-order valence-corrected chi connectivity index (χ2v) is 7.09. The van der Waals surface area contributed by atoms with Crippen LogP contribution in [-0.4, -0.2) is 23.4 Å². The normalized spacial score (nSPS) is 18.6. The van der Waals surface area contributed by atoms with Crippen molar-refractivity contribution in [2.24, 2.45) is 0 Å². The summed E-state index contributed by atoms with van der Waals surface area (Å²) in [7, 11) is 0. The zero-order valence-corrected chi connectivity index (χ0v) is 16.2. The molecule has 0 aliphatic carbocycles. The summed E-state index contributed by atoms with van der Waals surface area (Å²) in [5, 5.41) is 11.3. The number of aliphatic hydroxyl groups is 1. The van der Waals surface area contributed by atoms with E-state index in [0.717, 1.165) is 16.7 Å². The summed E-state index contributed by atoms with van der Waals surface area (Å²) in [4.78, 5) is 26.7. The number of para-hydroxylation sites is 1. The van der Waals surface area contributed by atoms with Crippen LogP contribution in [0.15, 0.2) is 36.4 Å². The quantitative estimate of drug-likeness (QED) is 0.850. The first-order chi connectivity index (χ1) is 12.8. The Bertz CT molecular complexity index is 905. The first-order valence-electron chi connectivity index (χ1n) is 9.14. The maximum atomic E-state index is 13.3. The number of nitrogens with zero attached hydrogens (tertiary/aromatic N) is 1. The minimum atomic E-state index is -1.82. The SMILES string of the molecule is CCOc1ccccc1CN1C(=O)C(O)(CC(C)=O)c2c(C)ccc(C)c21. The van der Waals surface area contributed by atoms with Gasteiger partial charge in [-0.3, -0.25) is 9.59 Å². The van der Waals surface area contributed by atoms with Crippen LogP contribution < -0.4 is 9.64 Å². The highest BCUT2D eigenvalue weighted by molar-refractivity contribution is 6.09. The molecule has 3 rings (SSSR count). The van der Waals surface area contributed by atoms with E-state index in [0.29, 0.717) is 23.6 Å². The molecule has 1 aliphatic rings. The lowest BCUT2D eigenvalue weighted by atomic mass is 9.86. The Morgan fingerprint density at radius 2 is 1.81 bits per heavy atom. The summed E-state index contributed by atoms with van der Waals surface area (Å²) in [5.74, 6) is 0.0207. The molecular weight excluding hydrogens is 342 g/mol. The monoisotopic (exact) mass is 367 g/mol. The molecule has 1 unspecified atom stereocenters. The fraction of sp³-hybridized carbons (Fsp3) is 0.364. The second-order valence-electron chi connectivity index (χ2n) is 7.09. The van der Waals surface area contributed by atoms with Crippen molar-refractivity contribution in [1.82, 2.24) is 0 Å². The first-order valence-corrected chi connectivity index (χ1v) is 9.14. The van der Waals surface area contributed by atoms with Crippen molar-refractivity contribution in [3.63, 3.8) is 0 Å². The summed E-state index contributed by atoms with van der Waals surface area (Å²) in [6.07, 6.45) is -0.229. The largest absolute Gasteiger partial charge is 0.494 e. The molecule has 1 N–H and O–H groups in total. The number of ether oxygens (including phenoxy) is 1. The van der Waals surface area contributed by atoms with Crippen molar-refractivity contribution >= 4 is 17.4 Å². The van der Waals surface area contributed by atoms with E-state index in [2.05, 4.69) is 0 Å². The lowest BCUT2D eigenvalue weighted by Crippen LogP contribution is -2.41. The molecule has 0 saturated carbocycles. The third-order valence-electron chi connectivity index (χ3n) is 4.98. The number of amides is 1. The second kappa shape index (κ2) is 7.16. The van der Waals surface area contributed by atoms with Crippen molar-refractivity contribution in [2.75, 3.05) is 11.5 Å². The number of aryl methyl sites for hydroxylation is 2. The number of Topliss-reactive ketones (excluding diaryl/α,β-unsaturated/α-hetero) is 1. The predicted octanol–water partition coefficient (Wildman–Crippen LogP) is 3.42. The van der Waals surface area contributed by atoms with E-state index >= 15 is 0 Å². The van der Waals surface area contributed by atoms with E-state index in [1.165, 1.54) is 6.92 Å². The predicted molar refractivity (Wildman–Crippen MR) is 104 cm³/mol. The molecule has 1 aliphatic heterocycles. The molecule has 0 saturated heterocycles. The number of rotatable bonds is 6. The third kappa shape index (κ3) is 3.23. The van der Waals surface area contributed by atoms with Gasteiger partial charge in [-0.2, -0.15) is 0 Å². The fourth-order valence-electron chi connectivity index (χ4n) is 3.87. The maximum Gasteiger partial charge on any atom is 0.264 e. The molecule has 27 heavy (non-hydrogen) atoms. The lowest BCUT2D eigenvalue weighted by Gasteiger charge is -2.23. The summed E-state index contributed by atoms with van der Waals surface area (Å²) in [5.41, 5.74) is 1.95. The van der Waals surface area contributed by atoms with Gasteiger partial charge in [0.15, 0.2) is 5.60 Å². The van der Waals surface area contributed by atoms with E-state index in [9.17, 15) is 14.7 Å². The summed E-state index contributed by atoms with van der Waals surface area (Å²) < 4.78 is 5.69. The highest BCUT2D eigenvalue weighted by Gasteiger charge is 2.51.